The Labute approximate surface area is 75.3 Å². The Morgan fingerprint density at radius 2 is 2.00 bits per heavy atom. The SMILES string of the molecule is CCCSC(N)=S.NC(=O)O. The van der Waals surface area contributed by atoms with Gasteiger partial charge in [0.25, 0.3) is 0 Å². The molecular formula is C5H12N2O2S2. The Morgan fingerprint density at radius 3 is 2.09 bits per heavy atom. The van der Waals surface area contributed by atoms with Crippen LogP contribution in [0.4, 0.5) is 4.79 Å². The van der Waals surface area contributed by atoms with Crippen molar-refractivity contribution in [1.29, 1.82) is 0 Å². The summed E-state index contributed by atoms with van der Waals surface area (Å²) in [4.78, 5) is 8.78. The van der Waals surface area contributed by atoms with Crippen LogP contribution < -0.4 is 11.5 Å². The minimum atomic E-state index is -1.33. The van der Waals surface area contributed by atoms with Crippen LogP contribution in [0.1, 0.15) is 13.3 Å². The van der Waals surface area contributed by atoms with Crippen LogP contribution in [0.2, 0.25) is 0 Å². The van der Waals surface area contributed by atoms with Gasteiger partial charge >= 0.3 is 6.09 Å². The van der Waals surface area contributed by atoms with Gasteiger partial charge in [-0.15, -0.1) is 0 Å². The second-order valence-corrected chi connectivity index (χ2v) is 3.34. The normalized spacial score (nSPS) is 7.73. The summed E-state index contributed by atoms with van der Waals surface area (Å²) in [5, 5.41) is 7.19. The molecule has 0 radical (unpaired) electrons. The van der Waals surface area contributed by atoms with Crippen LogP contribution in [0, 0.1) is 0 Å². The molecule has 0 atom stereocenters. The van der Waals surface area contributed by atoms with Gasteiger partial charge < -0.3 is 16.6 Å². The predicted molar refractivity (Wildman–Crippen MR) is 51.7 cm³/mol. The number of thiocarbonyl (C=S) groups is 1. The van der Waals surface area contributed by atoms with Gasteiger partial charge in [-0.3, -0.25) is 0 Å². The first-order valence-corrected chi connectivity index (χ1v) is 4.30. The standard InChI is InChI=1S/C4H9NS2.CH3NO2/c1-2-3-7-4(5)6;2-1(3)4/h2-3H2,1H3,(H2,5,6);2H2,(H,3,4). The zero-order chi connectivity index (χ0) is 9.28. The quantitative estimate of drug-likeness (QED) is 0.573. The molecule has 0 aromatic rings. The van der Waals surface area contributed by atoms with E-state index in [1.165, 1.54) is 0 Å². The fraction of sp³-hybridized carbons (Fsp3) is 0.600. The van der Waals surface area contributed by atoms with E-state index in [1.807, 2.05) is 0 Å². The van der Waals surface area contributed by atoms with Crippen molar-refractivity contribution in [2.24, 2.45) is 11.5 Å². The highest BCUT2D eigenvalue weighted by atomic mass is 32.2. The van der Waals surface area contributed by atoms with E-state index in [2.05, 4.69) is 24.9 Å². The number of primary amides is 1. The largest absolute Gasteiger partial charge is 0.465 e. The van der Waals surface area contributed by atoms with Gasteiger partial charge in [0.2, 0.25) is 0 Å². The molecule has 66 valence electrons. The summed E-state index contributed by atoms with van der Waals surface area (Å²) < 4.78 is 0.557. The second kappa shape index (κ2) is 9.51. The molecule has 1 amide bonds. The zero-order valence-electron chi connectivity index (χ0n) is 6.24. The van der Waals surface area contributed by atoms with Crippen LogP contribution in [0.25, 0.3) is 0 Å². The molecule has 5 N–H and O–H groups in total. The molecule has 0 aromatic carbocycles. The van der Waals surface area contributed by atoms with E-state index in [4.69, 9.17) is 15.6 Å². The number of hydrogen-bond acceptors (Lipinski definition) is 3. The molecule has 6 heteroatoms. The van der Waals surface area contributed by atoms with Crippen molar-refractivity contribution < 1.29 is 9.90 Å². The molecule has 0 bridgehead atoms. The van der Waals surface area contributed by atoms with Gasteiger partial charge in [-0.25, -0.2) is 4.79 Å². The molecule has 0 heterocycles. The molecule has 0 aromatic heterocycles. The number of amides is 1. The van der Waals surface area contributed by atoms with Gasteiger partial charge in [0.1, 0.15) is 4.32 Å². The van der Waals surface area contributed by atoms with E-state index < -0.39 is 6.09 Å². The summed E-state index contributed by atoms with van der Waals surface area (Å²) in [6.07, 6.45) is -0.192. The maximum atomic E-state index is 8.78. The summed E-state index contributed by atoms with van der Waals surface area (Å²) in [6.45, 7) is 2.10. The monoisotopic (exact) mass is 196 g/mol. The molecule has 0 rings (SSSR count). The van der Waals surface area contributed by atoms with Gasteiger partial charge in [0, 0.05) is 0 Å². The zero-order valence-corrected chi connectivity index (χ0v) is 7.87. The van der Waals surface area contributed by atoms with Crippen LogP contribution in [0.5, 0.6) is 0 Å². The summed E-state index contributed by atoms with van der Waals surface area (Å²) in [6, 6.07) is 0. The van der Waals surface area contributed by atoms with Crippen LogP contribution >= 0.6 is 24.0 Å². The minimum absolute atomic E-state index is 0.557. The molecule has 0 unspecified atom stereocenters. The lowest BCUT2D eigenvalue weighted by Gasteiger charge is -1.90. The van der Waals surface area contributed by atoms with E-state index in [1.54, 1.807) is 11.8 Å². The van der Waals surface area contributed by atoms with Crippen molar-refractivity contribution in [1.82, 2.24) is 0 Å². The first-order chi connectivity index (χ1) is 5.00. The number of hydrogen-bond donors (Lipinski definition) is 3. The van der Waals surface area contributed by atoms with Gasteiger partial charge in [-0.05, 0) is 12.2 Å². The van der Waals surface area contributed by atoms with E-state index >= 15 is 0 Å². The lowest BCUT2D eigenvalue weighted by atomic mass is 10.6. The summed E-state index contributed by atoms with van der Waals surface area (Å²) in [5.74, 6) is 1.05. The van der Waals surface area contributed by atoms with E-state index in [0.717, 1.165) is 12.2 Å². The van der Waals surface area contributed by atoms with E-state index in [9.17, 15) is 0 Å². The Morgan fingerprint density at radius 1 is 1.64 bits per heavy atom. The van der Waals surface area contributed by atoms with E-state index in [-0.39, 0.29) is 0 Å². The average Bonchev–Trinajstić information content (AvgIpc) is 1.82. The average molecular weight is 196 g/mol. The first-order valence-electron chi connectivity index (χ1n) is 2.91. The van der Waals surface area contributed by atoms with Crippen molar-refractivity contribution in [3.63, 3.8) is 0 Å². The third-order valence-electron chi connectivity index (χ3n) is 0.448. The van der Waals surface area contributed by atoms with Gasteiger partial charge in [0.15, 0.2) is 0 Å². The Hall–Kier alpha value is -0.490. The Balaban J connectivity index is 0. The summed E-state index contributed by atoms with van der Waals surface area (Å²) in [7, 11) is 0. The fourth-order valence-corrected chi connectivity index (χ4v) is 0.858. The fourth-order valence-electron chi connectivity index (χ4n) is 0.203. The molecule has 0 aliphatic carbocycles. The molecule has 0 aliphatic rings. The highest BCUT2D eigenvalue weighted by molar-refractivity contribution is 8.22. The van der Waals surface area contributed by atoms with Crippen molar-refractivity contribution in [3.8, 4) is 0 Å². The highest BCUT2D eigenvalue weighted by Gasteiger charge is 1.84. The third kappa shape index (κ3) is 43.5. The molecule has 11 heavy (non-hydrogen) atoms. The lowest BCUT2D eigenvalue weighted by Crippen LogP contribution is -2.03. The smallest absolute Gasteiger partial charge is 0.402 e. The first kappa shape index (κ1) is 13.1. The van der Waals surface area contributed by atoms with Crippen LogP contribution in [0.3, 0.4) is 0 Å². The molecule has 0 saturated heterocycles. The number of rotatable bonds is 2. The van der Waals surface area contributed by atoms with E-state index in [0.29, 0.717) is 4.32 Å². The van der Waals surface area contributed by atoms with Crippen molar-refractivity contribution >= 4 is 34.4 Å². The van der Waals surface area contributed by atoms with Crippen LogP contribution in [-0.2, 0) is 0 Å². The molecular weight excluding hydrogens is 184 g/mol. The van der Waals surface area contributed by atoms with Gasteiger partial charge in [-0.1, -0.05) is 30.9 Å². The number of thioether (sulfide) groups is 1. The third-order valence-corrected chi connectivity index (χ3v) is 1.70. The van der Waals surface area contributed by atoms with Gasteiger partial charge in [-0.2, -0.15) is 0 Å². The van der Waals surface area contributed by atoms with Gasteiger partial charge in [0.05, 0.1) is 0 Å². The Bertz CT molecular complexity index is 126. The summed E-state index contributed by atoms with van der Waals surface area (Å²) >= 11 is 6.14. The second-order valence-electron chi connectivity index (χ2n) is 1.51. The lowest BCUT2D eigenvalue weighted by molar-refractivity contribution is 0.205. The van der Waals surface area contributed by atoms with Crippen molar-refractivity contribution in [2.45, 2.75) is 13.3 Å². The van der Waals surface area contributed by atoms with Crippen molar-refractivity contribution in [2.75, 3.05) is 5.75 Å². The molecule has 0 fully saturated rings. The summed E-state index contributed by atoms with van der Waals surface area (Å²) in [5.41, 5.74) is 9.20. The number of nitrogens with two attached hydrogens (primary N) is 2. The minimum Gasteiger partial charge on any atom is -0.465 e. The topological polar surface area (TPSA) is 89.3 Å². The van der Waals surface area contributed by atoms with Crippen molar-refractivity contribution in [3.05, 3.63) is 0 Å². The predicted octanol–water partition coefficient (Wildman–Crippen LogP) is 0.996. The van der Waals surface area contributed by atoms with Crippen LogP contribution in [0.15, 0.2) is 0 Å². The highest BCUT2D eigenvalue weighted by Crippen LogP contribution is 1.99. The van der Waals surface area contributed by atoms with Crippen LogP contribution in [-0.4, -0.2) is 21.3 Å². The maximum absolute atomic E-state index is 8.78. The molecule has 0 spiro atoms. The molecule has 0 aliphatic heterocycles. The number of carbonyl (C=O) groups is 1. The Kier molecular flexibility index (Phi) is 11.3. The number of carboxylic acid groups (broad SMARTS) is 1. The molecule has 4 nitrogen and oxygen atoms in total. The molecule has 0 saturated carbocycles. The maximum Gasteiger partial charge on any atom is 0.402 e.